The predicted octanol–water partition coefficient (Wildman–Crippen LogP) is 2.60. The first-order chi connectivity index (χ1) is 11.9. The van der Waals surface area contributed by atoms with Crippen LogP contribution in [0.4, 0.5) is 0 Å². The minimum absolute atomic E-state index is 0.0983. The molecule has 1 aromatic carbocycles. The van der Waals surface area contributed by atoms with Gasteiger partial charge in [-0.15, -0.1) is 0 Å². The van der Waals surface area contributed by atoms with Gasteiger partial charge in [0, 0.05) is 24.4 Å². The van der Waals surface area contributed by atoms with E-state index in [0.717, 1.165) is 15.8 Å². The number of carbonyl (C=O) groups excluding carboxylic acids is 1. The van der Waals surface area contributed by atoms with E-state index in [1.165, 1.54) is 31.3 Å². The highest BCUT2D eigenvalue weighted by atomic mass is 35.5. The van der Waals surface area contributed by atoms with Crippen molar-refractivity contribution >= 4 is 39.3 Å². The van der Waals surface area contributed by atoms with E-state index in [0.29, 0.717) is 17.3 Å². The minimum atomic E-state index is -3.72. The van der Waals surface area contributed by atoms with Crippen molar-refractivity contribution in [2.75, 3.05) is 25.9 Å². The molecule has 0 radical (unpaired) electrons. The van der Waals surface area contributed by atoms with Gasteiger partial charge in [-0.1, -0.05) is 11.6 Å². The smallest absolute Gasteiger partial charge is 0.243 e. The summed E-state index contributed by atoms with van der Waals surface area (Å²) in [6.45, 7) is 0.215. The largest absolute Gasteiger partial charge is 0.468 e. The Labute approximate surface area is 156 Å². The number of carbonyl (C=O) groups is 1. The van der Waals surface area contributed by atoms with Crippen LogP contribution in [0.3, 0.4) is 0 Å². The van der Waals surface area contributed by atoms with E-state index in [2.05, 4.69) is 5.32 Å². The SMILES string of the molecule is CN(CC(=O)NCCSCc1ccco1)S(=O)(=O)c1ccc(Cl)cc1. The molecule has 9 heteroatoms. The molecule has 0 bridgehead atoms. The summed E-state index contributed by atoms with van der Waals surface area (Å²) in [6.07, 6.45) is 1.62. The molecule has 0 atom stereocenters. The lowest BCUT2D eigenvalue weighted by Gasteiger charge is -2.17. The maximum Gasteiger partial charge on any atom is 0.243 e. The molecular formula is C16H19ClN2O4S2. The average Bonchev–Trinajstić information content (AvgIpc) is 3.08. The molecule has 1 heterocycles. The Hall–Kier alpha value is -1.48. The molecule has 2 rings (SSSR count). The zero-order valence-corrected chi connectivity index (χ0v) is 16.0. The summed E-state index contributed by atoms with van der Waals surface area (Å²) in [7, 11) is -2.35. The van der Waals surface area contributed by atoms with Crippen LogP contribution in [0.25, 0.3) is 0 Å². The molecule has 25 heavy (non-hydrogen) atoms. The number of rotatable bonds is 9. The third-order valence-corrected chi connectivity index (χ3v) is 6.33. The third-order valence-electron chi connectivity index (χ3n) is 3.28. The molecule has 0 saturated heterocycles. The number of amides is 1. The second kappa shape index (κ2) is 9.28. The van der Waals surface area contributed by atoms with Crippen molar-refractivity contribution in [2.45, 2.75) is 10.6 Å². The Morgan fingerprint density at radius 1 is 1.28 bits per heavy atom. The van der Waals surface area contributed by atoms with Crippen LogP contribution in [-0.2, 0) is 20.6 Å². The molecule has 0 spiro atoms. The van der Waals surface area contributed by atoms with Gasteiger partial charge in [0.15, 0.2) is 0 Å². The Morgan fingerprint density at radius 2 is 2.00 bits per heavy atom. The van der Waals surface area contributed by atoms with E-state index in [1.54, 1.807) is 18.0 Å². The Balaban J connectivity index is 1.74. The quantitative estimate of drug-likeness (QED) is 0.652. The van der Waals surface area contributed by atoms with Crippen molar-refractivity contribution in [3.05, 3.63) is 53.4 Å². The summed E-state index contributed by atoms with van der Waals surface area (Å²) >= 11 is 7.38. The van der Waals surface area contributed by atoms with Crippen LogP contribution < -0.4 is 5.32 Å². The van der Waals surface area contributed by atoms with Crippen molar-refractivity contribution < 1.29 is 17.6 Å². The van der Waals surface area contributed by atoms with Gasteiger partial charge in [0.2, 0.25) is 15.9 Å². The van der Waals surface area contributed by atoms with Crippen LogP contribution in [0, 0.1) is 0 Å². The Morgan fingerprint density at radius 3 is 2.64 bits per heavy atom. The fourth-order valence-electron chi connectivity index (χ4n) is 1.96. The number of furan rings is 1. The summed E-state index contributed by atoms with van der Waals surface area (Å²) < 4.78 is 31.0. The van der Waals surface area contributed by atoms with Gasteiger partial charge in [0.25, 0.3) is 0 Å². The highest BCUT2D eigenvalue weighted by molar-refractivity contribution is 7.98. The maximum atomic E-state index is 12.4. The fraction of sp³-hybridized carbons (Fsp3) is 0.312. The molecule has 1 N–H and O–H groups in total. The molecule has 0 fully saturated rings. The zero-order chi connectivity index (χ0) is 18.3. The van der Waals surface area contributed by atoms with E-state index in [1.807, 2.05) is 12.1 Å². The lowest BCUT2D eigenvalue weighted by molar-refractivity contribution is -0.121. The molecule has 1 aromatic heterocycles. The molecule has 136 valence electrons. The number of sulfonamides is 1. The van der Waals surface area contributed by atoms with E-state index >= 15 is 0 Å². The number of likely N-dealkylation sites (N-methyl/N-ethyl adjacent to an activating group) is 1. The van der Waals surface area contributed by atoms with Crippen molar-refractivity contribution in [1.82, 2.24) is 9.62 Å². The number of halogens is 1. The average molecular weight is 403 g/mol. The molecule has 0 saturated carbocycles. The summed E-state index contributed by atoms with van der Waals surface area (Å²) in [5, 5.41) is 3.16. The minimum Gasteiger partial charge on any atom is -0.468 e. The van der Waals surface area contributed by atoms with E-state index < -0.39 is 10.0 Å². The third kappa shape index (κ3) is 6.07. The van der Waals surface area contributed by atoms with Gasteiger partial charge in [-0.3, -0.25) is 4.79 Å². The molecule has 1 amide bonds. The van der Waals surface area contributed by atoms with Gasteiger partial charge in [0.1, 0.15) is 5.76 Å². The molecule has 0 aliphatic heterocycles. The number of hydrogen-bond donors (Lipinski definition) is 1. The molecule has 2 aromatic rings. The van der Waals surface area contributed by atoms with Crippen molar-refractivity contribution in [2.24, 2.45) is 0 Å². The van der Waals surface area contributed by atoms with E-state index in [4.69, 9.17) is 16.0 Å². The Kier molecular flexibility index (Phi) is 7.37. The van der Waals surface area contributed by atoms with E-state index in [-0.39, 0.29) is 17.3 Å². The fourth-order valence-corrected chi connectivity index (χ4v) is 3.97. The van der Waals surface area contributed by atoms with Crippen LogP contribution in [0.2, 0.25) is 5.02 Å². The van der Waals surface area contributed by atoms with Crippen LogP contribution >= 0.6 is 23.4 Å². The number of hydrogen-bond acceptors (Lipinski definition) is 5. The normalized spacial score (nSPS) is 11.6. The second-order valence-corrected chi connectivity index (χ2v) is 8.78. The van der Waals surface area contributed by atoms with Gasteiger partial charge in [-0.2, -0.15) is 16.1 Å². The second-order valence-electron chi connectivity index (χ2n) is 5.20. The molecular weight excluding hydrogens is 384 g/mol. The van der Waals surface area contributed by atoms with Crippen molar-refractivity contribution in [1.29, 1.82) is 0 Å². The predicted molar refractivity (Wildman–Crippen MR) is 99.1 cm³/mol. The Bertz CT molecular complexity index is 777. The summed E-state index contributed by atoms with van der Waals surface area (Å²) in [5.74, 6) is 1.97. The number of nitrogens with zero attached hydrogens (tertiary/aromatic N) is 1. The van der Waals surface area contributed by atoms with Gasteiger partial charge in [-0.25, -0.2) is 8.42 Å². The first-order valence-electron chi connectivity index (χ1n) is 7.48. The lowest BCUT2D eigenvalue weighted by Crippen LogP contribution is -2.39. The molecule has 0 aliphatic rings. The number of thioether (sulfide) groups is 1. The zero-order valence-electron chi connectivity index (χ0n) is 13.6. The summed E-state index contributed by atoms with van der Waals surface area (Å²) in [6, 6.07) is 9.54. The molecule has 0 unspecified atom stereocenters. The molecule has 0 aliphatic carbocycles. The number of nitrogens with one attached hydrogen (secondary N) is 1. The van der Waals surface area contributed by atoms with Gasteiger partial charge in [0.05, 0.1) is 23.5 Å². The van der Waals surface area contributed by atoms with Gasteiger partial charge in [-0.05, 0) is 36.4 Å². The topological polar surface area (TPSA) is 79.6 Å². The van der Waals surface area contributed by atoms with Crippen molar-refractivity contribution in [3.8, 4) is 0 Å². The van der Waals surface area contributed by atoms with E-state index in [9.17, 15) is 13.2 Å². The van der Waals surface area contributed by atoms with Crippen LogP contribution in [0.5, 0.6) is 0 Å². The van der Waals surface area contributed by atoms with Crippen LogP contribution in [0.15, 0.2) is 52.0 Å². The highest BCUT2D eigenvalue weighted by Crippen LogP contribution is 2.17. The van der Waals surface area contributed by atoms with Crippen LogP contribution in [-0.4, -0.2) is 44.5 Å². The van der Waals surface area contributed by atoms with Crippen LogP contribution in [0.1, 0.15) is 5.76 Å². The standard InChI is InChI=1S/C16H19ClN2O4S2/c1-19(25(21,22)15-6-4-13(17)5-7-15)11-16(20)18-8-10-24-12-14-3-2-9-23-14/h2-7,9H,8,10-12H2,1H3,(H,18,20). The first kappa shape index (κ1) is 19.8. The number of benzene rings is 1. The monoisotopic (exact) mass is 402 g/mol. The van der Waals surface area contributed by atoms with Gasteiger partial charge < -0.3 is 9.73 Å². The van der Waals surface area contributed by atoms with Gasteiger partial charge >= 0.3 is 0 Å². The summed E-state index contributed by atoms with van der Waals surface area (Å²) in [5.41, 5.74) is 0. The lowest BCUT2D eigenvalue weighted by atomic mass is 10.4. The maximum absolute atomic E-state index is 12.4. The summed E-state index contributed by atoms with van der Waals surface area (Å²) in [4.78, 5) is 12.0. The molecule has 6 nitrogen and oxygen atoms in total. The first-order valence-corrected chi connectivity index (χ1v) is 10.5. The highest BCUT2D eigenvalue weighted by Gasteiger charge is 2.22. The van der Waals surface area contributed by atoms with Crippen molar-refractivity contribution in [3.63, 3.8) is 0 Å².